The summed E-state index contributed by atoms with van der Waals surface area (Å²) >= 11 is 6.97. The summed E-state index contributed by atoms with van der Waals surface area (Å²) in [6, 6.07) is 16.8. The third-order valence-corrected chi connectivity index (χ3v) is 7.39. The third-order valence-electron chi connectivity index (χ3n) is 3.22. The van der Waals surface area contributed by atoms with Crippen LogP contribution >= 0.6 is 45.3 Å². The fraction of sp³-hybridized carbons (Fsp3) is 0. The van der Waals surface area contributed by atoms with Crippen LogP contribution in [0.4, 0.5) is 0 Å². The van der Waals surface area contributed by atoms with Gasteiger partial charge in [0.15, 0.2) is 0 Å². The van der Waals surface area contributed by atoms with E-state index in [-0.39, 0.29) is 0 Å². The van der Waals surface area contributed by atoms with Gasteiger partial charge in [-0.3, -0.25) is 0 Å². The third kappa shape index (κ3) is 3.62. The van der Waals surface area contributed by atoms with Gasteiger partial charge < -0.3 is 0 Å². The number of hydrogen-bond donors (Lipinski definition) is 0. The summed E-state index contributed by atoms with van der Waals surface area (Å²) in [5.74, 6) is 0. The van der Waals surface area contributed by atoms with Crippen molar-refractivity contribution in [2.75, 3.05) is 0 Å². The Hall–Kier alpha value is -1.86. The lowest BCUT2D eigenvalue weighted by molar-refractivity contribution is 1.27. The second kappa shape index (κ2) is 7.36. The highest BCUT2D eigenvalue weighted by Gasteiger charge is 2.03. The highest BCUT2D eigenvalue weighted by Crippen LogP contribution is 2.31. The molecule has 0 amide bonds. The van der Waals surface area contributed by atoms with Crippen molar-refractivity contribution >= 4 is 57.8 Å². The van der Waals surface area contributed by atoms with Crippen molar-refractivity contribution in [3.8, 4) is 19.5 Å². The van der Waals surface area contributed by atoms with E-state index in [0.717, 1.165) is 9.75 Å². The van der Waals surface area contributed by atoms with Crippen molar-refractivity contribution in [1.29, 1.82) is 0 Å². The van der Waals surface area contributed by atoms with E-state index in [1.54, 1.807) is 45.3 Å². The first-order chi connectivity index (χ1) is 11.9. The highest BCUT2D eigenvalue weighted by atomic mass is 32.1. The quantitative estimate of drug-likeness (QED) is 0.269. The molecule has 0 aliphatic heterocycles. The summed E-state index contributed by atoms with van der Waals surface area (Å²) in [6.45, 7) is 0. The number of nitrogens with zero attached hydrogens (tertiary/aromatic N) is 2. The molecule has 4 aromatic heterocycles. The van der Waals surface area contributed by atoms with Gasteiger partial charge in [0.1, 0.15) is 0 Å². The molecule has 0 bridgehead atoms. The van der Waals surface area contributed by atoms with Crippen LogP contribution in [0.5, 0.6) is 0 Å². The van der Waals surface area contributed by atoms with Crippen molar-refractivity contribution in [2.24, 2.45) is 10.2 Å². The van der Waals surface area contributed by atoms with E-state index in [4.69, 9.17) is 0 Å². The van der Waals surface area contributed by atoms with Crippen LogP contribution in [0.15, 0.2) is 69.5 Å². The molecular weight excluding hydrogens is 372 g/mol. The molecule has 0 N–H and O–H groups in total. The molecule has 24 heavy (non-hydrogen) atoms. The summed E-state index contributed by atoms with van der Waals surface area (Å²) in [5.41, 5.74) is 0. The van der Waals surface area contributed by atoms with E-state index >= 15 is 0 Å². The van der Waals surface area contributed by atoms with Crippen molar-refractivity contribution in [1.82, 2.24) is 0 Å². The zero-order valence-corrected chi connectivity index (χ0v) is 15.7. The maximum absolute atomic E-state index is 4.17. The van der Waals surface area contributed by atoms with Crippen molar-refractivity contribution in [3.63, 3.8) is 0 Å². The van der Waals surface area contributed by atoms with Gasteiger partial charge in [-0.05, 0) is 47.2 Å². The van der Waals surface area contributed by atoms with E-state index in [2.05, 4.69) is 69.5 Å². The molecule has 2 nitrogen and oxygen atoms in total. The Labute approximate surface area is 156 Å². The Morgan fingerprint density at radius 3 is 1.50 bits per heavy atom. The van der Waals surface area contributed by atoms with E-state index in [1.807, 2.05) is 12.4 Å². The van der Waals surface area contributed by atoms with E-state index in [9.17, 15) is 0 Å². The minimum atomic E-state index is 1.11. The van der Waals surface area contributed by atoms with Gasteiger partial charge in [0.05, 0.1) is 12.4 Å². The van der Waals surface area contributed by atoms with Crippen LogP contribution in [0.3, 0.4) is 0 Å². The lowest BCUT2D eigenvalue weighted by Gasteiger charge is -1.87. The second-order valence-corrected chi connectivity index (χ2v) is 8.97. The normalized spacial score (nSPS) is 11.8. The van der Waals surface area contributed by atoms with E-state index in [0.29, 0.717) is 0 Å². The topological polar surface area (TPSA) is 24.7 Å². The van der Waals surface area contributed by atoms with Crippen LogP contribution in [0.25, 0.3) is 19.5 Å². The predicted molar refractivity (Wildman–Crippen MR) is 110 cm³/mol. The monoisotopic (exact) mass is 384 g/mol. The fourth-order valence-corrected chi connectivity index (χ4v) is 5.55. The van der Waals surface area contributed by atoms with Crippen LogP contribution in [-0.4, -0.2) is 12.4 Å². The maximum atomic E-state index is 4.17. The molecule has 0 aliphatic carbocycles. The Balaban J connectivity index is 1.41. The van der Waals surface area contributed by atoms with E-state index in [1.165, 1.54) is 19.5 Å². The summed E-state index contributed by atoms with van der Waals surface area (Å²) in [7, 11) is 0. The molecule has 4 rings (SSSR count). The van der Waals surface area contributed by atoms with Crippen molar-refractivity contribution < 1.29 is 0 Å². The zero-order chi connectivity index (χ0) is 16.2. The summed E-state index contributed by atoms with van der Waals surface area (Å²) < 4.78 is 0. The lowest BCUT2D eigenvalue weighted by Crippen LogP contribution is -1.72. The van der Waals surface area contributed by atoms with E-state index < -0.39 is 0 Å². The average molecular weight is 385 g/mol. The Bertz CT molecular complexity index is 876. The minimum absolute atomic E-state index is 1.11. The summed E-state index contributed by atoms with van der Waals surface area (Å²) in [5, 5.41) is 12.5. The SMILES string of the molecule is C(=NN=Cc1ccc(-c2cccs2)s1)c1ccc(-c2cccs2)s1. The highest BCUT2D eigenvalue weighted by molar-refractivity contribution is 7.22. The van der Waals surface area contributed by atoms with Gasteiger partial charge in [0.25, 0.3) is 0 Å². The first kappa shape index (κ1) is 15.7. The van der Waals surface area contributed by atoms with Crippen LogP contribution in [0.1, 0.15) is 9.75 Å². The Morgan fingerprint density at radius 1 is 0.583 bits per heavy atom. The molecule has 6 heteroatoms. The van der Waals surface area contributed by atoms with Crippen LogP contribution in [0, 0.1) is 0 Å². The van der Waals surface area contributed by atoms with Crippen LogP contribution < -0.4 is 0 Å². The first-order valence-corrected chi connectivity index (χ1v) is 10.6. The fourth-order valence-electron chi connectivity index (χ4n) is 2.13. The summed E-state index contributed by atoms with van der Waals surface area (Å²) in [6.07, 6.45) is 3.62. The van der Waals surface area contributed by atoms with Crippen molar-refractivity contribution in [3.05, 3.63) is 69.0 Å². The molecule has 0 atom stereocenters. The number of hydrogen-bond acceptors (Lipinski definition) is 6. The van der Waals surface area contributed by atoms with Gasteiger partial charge in [-0.15, -0.1) is 45.3 Å². The molecule has 0 saturated carbocycles. The molecule has 4 aromatic rings. The number of rotatable bonds is 5. The minimum Gasteiger partial charge on any atom is -0.158 e. The molecule has 4 heterocycles. The molecule has 0 saturated heterocycles. The van der Waals surface area contributed by atoms with Gasteiger partial charge in [-0.25, -0.2) is 0 Å². The summed E-state index contributed by atoms with van der Waals surface area (Å²) in [4.78, 5) is 7.36. The molecule has 0 spiro atoms. The molecule has 0 aromatic carbocycles. The molecule has 0 unspecified atom stereocenters. The standard InChI is InChI=1S/C18H12N2S4/c1-3-15(21-9-1)17-7-5-13(23-17)11-19-20-12-14-6-8-18(24-14)16-4-2-10-22-16/h1-12H. The van der Waals surface area contributed by atoms with Gasteiger partial charge in [0.2, 0.25) is 0 Å². The Morgan fingerprint density at radius 2 is 1.08 bits per heavy atom. The molecule has 0 radical (unpaired) electrons. The molecule has 118 valence electrons. The molecular formula is C18H12N2S4. The maximum Gasteiger partial charge on any atom is 0.0668 e. The number of thiophene rings is 4. The first-order valence-electron chi connectivity index (χ1n) is 7.22. The van der Waals surface area contributed by atoms with Crippen LogP contribution in [-0.2, 0) is 0 Å². The van der Waals surface area contributed by atoms with Gasteiger partial charge in [0, 0.05) is 29.3 Å². The van der Waals surface area contributed by atoms with Gasteiger partial charge in [-0.1, -0.05) is 12.1 Å². The smallest absolute Gasteiger partial charge is 0.0668 e. The second-order valence-electron chi connectivity index (χ2n) is 4.85. The Kier molecular flexibility index (Phi) is 4.80. The van der Waals surface area contributed by atoms with Gasteiger partial charge >= 0.3 is 0 Å². The van der Waals surface area contributed by atoms with Gasteiger partial charge in [-0.2, -0.15) is 10.2 Å². The molecule has 0 fully saturated rings. The van der Waals surface area contributed by atoms with Crippen LogP contribution in [0.2, 0.25) is 0 Å². The van der Waals surface area contributed by atoms with Crippen molar-refractivity contribution in [2.45, 2.75) is 0 Å². The lowest BCUT2D eigenvalue weighted by atomic mass is 10.4. The molecule has 0 aliphatic rings. The predicted octanol–water partition coefficient (Wildman–Crippen LogP) is 6.72. The average Bonchev–Trinajstić information content (AvgIpc) is 3.40. The zero-order valence-electron chi connectivity index (χ0n) is 12.5. The largest absolute Gasteiger partial charge is 0.158 e.